The summed E-state index contributed by atoms with van der Waals surface area (Å²) in [6.45, 7) is 0. The molecule has 0 aliphatic rings. The van der Waals surface area contributed by atoms with Gasteiger partial charge in [-0.15, -0.1) is 5.10 Å². The van der Waals surface area contributed by atoms with Crippen molar-refractivity contribution in [1.82, 2.24) is 25.1 Å². The summed E-state index contributed by atoms with van der Waals surface area (Å²) < 4.78 is 11.0. The molecule has 0 atom stereocenters. The van der Waals surface area contributed by atoms with E-state index in [9.17, 15) is 4.79 Å². The molecule has 162 valence electrons. The fraction of sp³-hybridized carbons (Fsp3) is 0.136. The van der Waals surface area contributed by atoms with Crippen LogP contribution in [0.25, 0.3) is 22.8 Å². The lowest BCUT2D eigenvalue weighted by Crippen LogP contribution is -2.21. The van der Waals surface area contributed by atoms with E-state index in [2.05, 4.69) is 25.5 Å². The number of ether oxygens (including phenoxy) is 1. The fourth-order valence-corrected chi connectivity index (χ4v) is 2.97. The number of para-hydroxylation sites is 2. The van der Waals surface area contributed by atoms with Gasteiger partial charge in [0.1, 0.15) is 5.75 Å². The maximum atomic E-state index is 12.1. The Morgan fingerprint density at radius 2 is 1.84 bits per heavy atom. The number of aromatic nitrogens is 4. The molecule has 0 saturated heterocycles. The highest BCUT2D eigenvalue weighted by Crippen LogP contribution is 2.30. The van der Waals surface area contributed by atoms with Crippen LogP contribution >= 0.6 is 0 Å². The molecule has 32 heavy (non-hydrogen) atoms. The van der Waals surface area contributed by atoms with E-state index in [0.29, 0.717) is 22.7 Å². The van der Waals surface area contributed by atoms with Crippen LogP contribution in [0.5, 0.6) is 5.75 Å². The van der Waals surface area contributed by atoms with Gasteiger partial charge in [-0.2, -0.15) is 0 Å². The van der Waals surface area contributed by atoms with Crippen molar-refractivity contribution in [1.29, 1.82) is 0 Å². The minimum Gasteiger partial charge on any atom is -0.495 e. The highest BCUT2D eigenvalue weighted by molar-refractivity contribution is 5.94. The van der Waals surface area contributed by atoms with Crippen LogP contribution in [-0.4, -0.2) is 52.2 Å². The molecule has 0 spiro atoms. The number of rotatable bonds is 6. The molecule has 0 saturated carbocycles. The summed E-state index contributed by atoms with van der Waals surface area (Å²) >= 11 is 0. The lowest BCUT2D eigenvalue weighted by Gasteiger charge is -2.10. The van der Waals surface area contributed by atoms with Gasteiger partial charge in [-0.1, -0.05) is 29.4 Å². The smallest absolute Gasteiger partial charge is 0.320 e. The molecule has 0 bridgehead atoms. The topological polar surface area (TPSA) is 132 Å². The van der Waals surface area contributed by atoms with E-state index in [-0.39, 0.29) is 29.3 Å². The van der Waals surface area contributed by atoms with E-state index in [0.717, 1.165) is 5.56 Å². The monoisotopic (exact) mass is 431 g/mol. The quantitative estimate of drug-likeness (QED) is 0.472. The normalized spacial score (nSPS) is 10.6. The zero-order chi connectivity index (χ0) is 22.7. The average Bonchev–Trinajstić information content (AvgIpc) is 3.27. The molecular weight excluding hydrogens is 410 g/mol. The van der Waals surface area contributed by atoms with Crippen molar-refractivity contribution >= 4 is 23.4 Å². The molecule has 0 radical (unpaired) electrons. The number of carbonyl (C=O) groups is 1. The van der Waals surface area contributed by atoms with Crippen molar-refractivity contribution in [2.75, 3.05) is 32.3 Å². The number of nitrogens with zero attached hydrogens (tertiary/aromatic N) is 5. The minimum atomic E-state index is -0.0819. The number of amides is 1. The summed E-state index contributed by atoms with van der Waals surface area (Å²) in [7, 11) is 4.98. The molecule has 1 amide bonds. The largest absolute Gasteiger partial charge is 0.495 e. The molecule has 2 aromatic heterocycles. The first-order chi connectivity index (χ1) is 15.5. The molecule has 10 nitrogen and oxygen atoms in total. The van der Waals surface area contributed by atoms with E-state index in [1.807, 2.05) is 24.3 Å². The zero-order valence-electron chi connectivity index (χ0n) is 17.7. The number of nitrogens with one attached hydrogen (secondary N) is 1. The Kier molecular flexibility index (Phi) is 5.67. The molecule has 2 aromatic carbocycles. The van der Waals surface area contributed by atoms with E-state index in [4.69, 9.17) is 14.9 Å². The molecule has 4 aromatic rings. The Morgan fingerprint density at radius 3 is 2.56 bits per heavy atom. The maximum absolute atomic E-state index is 12.1. The summed E-state index contributed by atoms with van der Waals surface area (Å²) in [5.74, 6) is 0.820. The van der Waals surface area contributed by atoms with E-state index in [1.165, 1.54) is 4.90 Å². The first-order valence-corrected chi connectivity index (χ1v) is 9.65. The van der Waals surface area contributed by atoms with Crippen molar-refractivity contribution in [2.24, 2.45) is 0 Å². The molecule has 0 aliphatic heterocycles. The van der Waals surface area contributed by atoms with Crippen molar-refractivity contribution in [3.05, 3.63) is 60.3 Å². The van der Waals surface area contributed by atoms with E-state index < -0.39 is 0 Å². The van der Waals surface area contributed by atoms with Crippen LogP contribution in [0.15, 0.2) is 59.1 Å². The second-order valence-electron chi connectivity index (χ2n) is 7.00. The molecule has 10 heteroatoms. The molecule has 3 N–H and O–H groups in total. The second kappa shape index (κ2) is 8.72. The predicted octanol–water partition coefficient (Wildman–Crippen LogP) is 3.23. The molecule has 0 aliphatic carbocycles. The van der Waals surface area contributed by atoms with Crippen molar-refractivity contribution in [3.63, 3.8) is 0 Å². The van der Waals surface area contributed by atoms with Gasteiger partial charge in [0, 0.05) is 25.2 Å². The Labute approximate surface area is 184 Å². The number of carbonyl (C=O) groups excluding carboxylic acids is 1. The Balaban J connectivity index is 1.60. The van der Waals surface area contributed by atoms with Crippen LogP contribution in [0.2, 0.25) is 0 Å². The maximum Gasteiger partial charge on any atom is 0.320 e. The fourth-order valence-electron chi connectivity index (χ4n) is 2.97. The van der Waals surface area contributed by atoms with Gasteiger partial charge in [0.2, 0.25) is 0 Å². The average molecular weight is 431 g/mol. The van der Waals surface area contributed by atoms with Crippen LogP contribution in [0.4, 0.5) is 17.5 Å². The van der Waals surface area contributed by atoms with Crippen LogP contribution < -0.4 is 15.8 Å². The lowest BCUT2D eigenvalue weighted by atomic mass is 10.1. The number of methoxy groups -OCH3 is 1. The first-order valence-electron chi connectivity index (χ1n) is 9.65. The van der Waals surface area contributed by atoms with Gasteiger partial charge < -0.3 is 25.1 Å². The van der Waals surface area contributed by atoms with Gasteiger partial charge in [0.15, 0.2) is 11.5 Å². The Hall–Kier alpha value is -4.47. The number of nitrogen functional groups attached to an aromatic ring is 1. The summed E-state index contributed by atoms with van der Waals surface area (Å²) in [6.07, 6.45) is 1.55. The number of hydrogen-bond donors (Lipinski definition) is 2. The van der Waals surface area contributed by atoms with E-state index in [1.54, 1.807) is 51.7 Å². The van der Waals surface area contributed by atoms with Gasteiger partial charge in [0.25, 0.3) is 11.8 Å². The molecule has 2 heterocycles. The molecule has 4 rings (SSSR count). The molecule has 0 fully saturated rings. The number of benzene rings is 2. The van der Waals surface area contributed by atoms with Crippen molar-refractivity contribution in [3.8, 4) is 28.6 Å². The van der Waals surface area contributed by atoms with Crippen LogP contribution in [0, 0.1) is 0 Å². The highest BCUT2D eigenvalue weighted by Gasteiger charge is 2.17. The second-order valence-corrected chi connectivity index (χ2v) is 7.00. The van der Waals surface area contributed by atoms with Crippen molar-refractivity contribution in [2.45, 2.75) is 0 Å². The zero-order valence-corrected chi connectivity index (χ0v) is 17.7. The Bertz CT molecular complexity index is 1250. The summed E-state index contributed by atoms with van der Waals surface area (Å²) in [4.78, 5) is 22.4. The lowest BCUT2D eigenvalue weighted by molar-refractivity contribution is 0.0827. The van der Waals surface area contributed by atoms with Crippen molar-refractivity contribution < 1.29 is 13.9 Å². The predicted molar refractivity (Wildman–Crippen MR) is 119 cm³/mol. The SMILES string of the molecule is COc1ccccc1Nc1nnc(-c2nc(-c3ccc(C(=O)N(C)C)cc3)cnc2N)o1. The van der Waals surface area contributed by atoms with Crippen LogP contribution in [0.3, 0.4) is 0 Å². The van der Waals surface area contributed by atoms with Gasteiger partial charge in [0.05, 0.1) is 24.7 Å². The van der Waals surface area contributed by atoms with Gasteiger partial charge in [-0.25, -0.2) is 9.97 Å². The summed E-state index contributed by atoms with van der Waals surface area (Å²) in [5.41, 5.74) is 8.84. The van der Waals surface area contributed by atoms with Gasteiger partial charge >= 0.3 is 6.01 Å². The summed E-state index contributed by atoms with van der Waals surface area (Å²) in [5, 5.41) is 11.1. The highest BCUT2D eigenvalue weighted by atomic mass is 16.5. The molecular formula is C22H21N7O3. The number of anilines is 3. The third-order valence-corrected chi connectivity index (χ3v) is 4.61. The first kappa shape index (κ1) is 20.8. The third-order valence-electron chi connectivity index (χ3n) is 4.61. The Morgan fingerprint density at radius 1 is 1.09 bits per heavy atom. The molecule has 0 unspecified atom stereocenters. The number of hydrogen-bond acceptors (Lipinski definition) is 9. The number of nitrogens with two attached hydrogens (primary N) is 1. The summed E-state index contributed by atoms with van der Waals surface area (Å²) in [6, 6.07) is 14.6. The van der Waals surface area contributed by atoms with Gasteiger partial charge in [-0.3, -0.25) is 4.79 Å². The van der Waals surface area contributed by atoms with Crippen LogP contribution in [-0.2, 0) is 0 Å². The van der Waals surface area contributed by atoms with Crippen LogP contribution in [0.1, 0.15) is 10.4 Å². The minimum absolute atomic E-state index is 0.0819. The van der Waals surface area contributed by atoms with E-state index >= 15 is 0 Å². The van der Waals surface area contributed by atoms with Gasteiger partial charge in [-0.05, 0) is 24.3 Å². The standard InChI is InChI=1S/C22H21N7O3/c1-29(2)21(30)14-10-8-13(9-11-14)16-12-24-19(23)18(25-16)20-27-28-22(32-20)26-15-6-4-5-7-17(15)31-3/h4-12H,1-3H3,(H2,23,24)(H,26,28). The third kappa shape index (κ3) is 4.19.